The minimum Gasteiger partial charge on any atom is -0.493 e. The molecule has 0 saturated carbocycles. The summed E-state index contributed by atoms with van der Waals surface area (Å²) in [5, 5.41) is 6.97. The fourth-order valence-electron chi connectivity index (χ4n) is 2.82. The maximum atomic E-state index is 13.5. The molecule has 0 fully saturated rings. The molecule has 0 saturated heterocycles. The summed E-state index contributed by atoms with van der Waals surface area (Å²) in [4.78, 5) is 24.1. The number of nitrogens with one attached hydrogen (secondary N) is 1. The maximum Gasteiger partial charge on any atom is 0.266 e. The number of benzene rings is 2. The first kappa shape index (κ1) is 21.8. The van der Waals surface area contributed by atoms with Crippen LogP contribution in [0, 0.1) is 5.82 Å². The number of nitrogens with zero attached hydrogens (tertiary/aromatic N) is 2. The van der Waals surface area contributed by atoms with Crippen LogP contribution < -0.4 is 25.1 Å². The van der Waals surface area contributed by atoms with Crippen LogP contribution in [0.25, 0.3) is 11.3 Å². The molecule has 2 aromatic carbocycles. The molecule has 0 aliphatic heterocycles. The quantitative estimate of drug-likeness (QED) is 0.563. The van der Waals surface area contributed by atoms with Crippen LogP contribution in [-0.2, 0) is 11.3 Å². The number of rotatable bonds is 9. The van der Waals surface area contributed by atoms with Crippen LogP contribution in [0.15, 0.2) is 59.4 Å². The molecule has 0 aliphatic rings. The average Bonchev–Trinajstić information content (AvgIpc) is 2.79. The van der Waals surface area contributed by atoms with Gasteiger partial charge in [-0.15, -0.1) is 0 Å². The maximum absolute atomic E-state index is 13.5. The molecule has 1 heterocycles. The van der Waals surface area contributed by atoms with Crippen molar-refractivity contribution in [3.63, 3.8) is 0 Å². The predicted octanol–water partition coefficient (Wildman–Crippen LogP) is 2.26. The van der Waals surface area contributed by atoms with E-state index in [-0.39, 0.29) is 31.0 Å². The van der Waals surface area contributed by atoms with Crippen molar-refractivity contribution in [2.45, 2.75) is 6.54 Å². The Balaban J connectivity index is 1.60. The highest BCUT2D eigenvalue weighted by atomic mass is 19.1. The lowest BCUT2D eigenvalue weighted by molar-refractivity contribution is -0.123. The van der Waals surface area contributed by atoms with Gasteiger partial charge >= 0.3 is 0 Å². The van der Waals surface area contributed by atoms with Gasteiger partial charge in [0.1, 0.15) is 0 Å². The van der Waals surface area contributed by atoms with E-state index in [1.165, 1.54) is 36.1 Å². The van der Waals surface area contributed by atoms with Gasteiger partial charge in [0, 0.05) is 18.2 Å². The molecule has 0 atom stereocenters. The van der Waals surface area contributed by atoms with Crippen LogP contribution in [-0.4, -0.2) is 43.1 Å². The van der Waals surface area contributed by atoms with Gasteiger partial charge in [0.05, 0.1) is 26.5 Å². The van der Waals surface area contributed by atoms with Crippen LogP contribution >= 0.6 is 0 Å². The Morgan fingerprint density at radius 2 is 1.81 bits per heavy atom. The van der Waals surface area contributed by atoms with Gasteiger partial charge in [0.15, 0.2) is 29.7 Å². The van der Waals surface area contributed by atoms with Crippen molar-refractivity contribution in [2.24, 2.45) is 0 Å². The number of ether oxygens (including phenoxy) is 3. The third kappa shape index (κ3) is 5.59. The van der Waals surface area contributed by atoms with E-state index in [2.05, 4.69) is 10.4 Å². The number of amides is 1. The second-order valence-electron chi connectivity index (χ2n) is 6.42. The van der Waals surface area contributed by atoms with E-state index in [0.29, 0.717) is 17.2 Å². The predicted molar refractivity (Wildman–Crippen MR) is 112 cm³/mol. The van der Waals surface area contributed by atoms with Crippen molar-refractivity contribution in [3.05, 3.63) is 70.8 Å². The fraction of sp³-hybridized carbons (Fsp3) is 0.227. The van der Waals surface area contributed by atoms with E-state index >= 15 is 0 Å². The molecule has 8 nitrogen and oxygen atoms in total. The number of para-hydroxylation sites is 1. The summed E-state index contributed by atoms with van der Waals surface area (Å²) in [6, 6.07) is 14.2. The van der Waals surface area contributed by atoms with Crippen molar-refractivity contribution in [1.29, 1.82) is 0 Å². The number of carbonyl (C=O) groups excluding carboxylic acids is 1. The standard InChI is InChI=1S/C22H22FN3O5/c1-29-19-9-7-15(13-20(19)30-2)17-8-10-22(28)26(25-17)12-11-24-21(27)14-31-18-6-4-3-5-16(18)23/h3-10,13H,11-12,14H2,1-2H3,(H,24,27). The molecule has 0 aliphatic carbocycles. The van der Waals surface area contributed by atoms with Crippen molar-refractivity contribution in [2.75, 3.05) is 27.4 Å². The lowest BCUT2D eigenvalue weighted by atomic mass is 10.1. The minimum atomic E-state index is -0.543. The summed E-state index contributed by atoms with van der Waals surface area (Å²) in [5.41, 5.74) is 1.00. The van der Waals surface area contributed by atoms with E-state index < -0.39 is 11.7 Å². The van der Waals surface area contributed by atoms with E-state index in [9.17, 15) is 14.0 Å². The van der Waals surface area contributed by atoms with Gasteiger partial charge in [-0.3, -0.25) is 9.59 Å². The zero-order valence-electron chi connectivity index (χ0n) is 17.1. The van der Waals surface area contributed by atoms with Crippen LogP contribution in [0.5, 0.6) is 17.2 Å². The summed E-state index contributed by atoms with van der Waals surface area (Å²) in [6.45, 7) is -0.0257. The van der Waals surface area contributed by atoms with E-state index in [1.807, 2.05) is 0 Å². The molecular weight excluding hydrogens is 405 g/mol. The molecule has 0 spiro atoms. The molecule has 162 valence electrons. The van der Waals surface area contributed by atoms with Crippen LogP contribution in [0.3, 0.4) is 0 Å². The topological polar surface area (TPSA) is 91.7 Å². The lowest BCUT2D eigenvalue weighted by Crippen LogP contribution is -2.34. The minimum absolute atomic E-state index is 0.00171. The lowest BCUT2D eigenvalue weighted by Gasteiger charge is -2.11. The molecule has 0 bridgehead atoms. The first-order valence-corrected chi connectivity index (χ1v) is 9.46. The van der Waals surface area contributed by atoms with E-state index in [1.54, 1.807) is 37.4 Å². The highest BCUT2D eigenvalue weighted by Crippen LogP contribution is 2.31. The Kier molecular flexibility index (Phi) is 7.21. The van der Waals surface area contributed by atoms with Crippen LogP contribution in [0.2, 0.25) is 0 Å². The number of hydrogen-bond acceptors (Lipinski definition) is 6. The van der Waals surface area contributed by atoms with Crippen LogP contribution in [0.1, 0.15) is 0 Å². The third-order valence-electron chi connectivity index (χ3n) is 4.39. The first-order valence-electron chi connectivity index (χ1n) is 9.46. The summed E-state index contributed by atoms with van der Waals surface area (Å²) >= 11 is 0. The molecule has 1 aromatic heterocycles. The zero-order chi connectivity index (χ0) is 22.2. The zero-order valence-corrected chi connectivity index (χ0v) is 17.1. The number of aromatic nitrogens is 2. The molecule has 1 N–H and O–H groups in total. The Hall–Kier alpha value is -3.88. The van der Waals surface area contributed by atoms with Crippen molar-refractivity contribution >= 4 is 5.91 Å². The van der Waals surface area contributed by atoms with Crippen LogP contribution in [0.4, 0.5) is 4.39 Å². The second-order valence-corrected chi connectivity index (χ2v) is 6.42. The summed E-state index contributed by atoms with van der Waals surface area (Å²) in [7, 11) is 3.08. The van der Waals surface area contributed by atoms with Gasteiger partial charge in [0.25, 0.3) is 11.5 Å². The highest BCUT2D eigenvalue weighted by molar-refractivity contribution is 5.77. The van der Waals surface area contributed by atoms with Gasteiger partial charge in [-0.25, -0.2) is 9.07 Å². The SMILES string of the molecule is COc1ccc(-c2ccc(=O)n(CCNC(=O)COc3ccccc3F)n2)cc1OC. The summed E-state index contributed by atoms with van der Waals surface area (Å²) in [5.74, 6) is 0.144. The van der Waals surface area contributed by atoms with Crippen molar-refractivity contribution < 1.29 is 23.4 Å². The Morgan fingerprint density at radius 1 is 1.03 bits per heavy atom. The number of carbonyl (C=O) groups is 1. The molecule has 3 aromatic rings. The molecule has 31 heavy (non-hydrogen) atoms. The van der Waals surface area contributed by atoms with Gasteiger partial charge < -0.3 is 19.5 Å². The fourth-order valence-corrected chi connectivity index (χ4v) is 2.82. The second kappa shape index (κ2) is 10.2. The molecule has 1 amide bonds. The van der Waals surface area contributed by atoms with Gasteiger partial charge in [-0.2, -0.15) is 5.10 Å². The Morgan fingerprint density at radius 3 is 2.55 bits per heavy atom. The first-order chi connectivity index (χ1) is 15.0. The largest absolute Gasteiger partial charge is 0.493 e. The van der Waals surface area contributed by atoms with Gasteiger partial charge in [-0.1, -0.05) is 12.1 Å². The smallest absolute Gasteiger partial charge is 0.266 e. The molecular formula is C22H22FN3O5. The molecule has 0 radical (unpaired) electrons. The molecule has 3 rings (SSSR count). The normalized spacial score (nSPS) is 10.4. The highest BCUT2D eigenvalue weighted by Gasteiger charge is 2.10. The number of halogens is 1. The van der Waals surface area contributed by atoms with Gasteiger partial charge in [-0.05, 0) is 36.4 Å². The summed E-state index contributed by atoms with van der Waals surface area (Å²) in [6.07, 6.45) is 0. The number of methoxy groups -OCH3 is 2. The monoisotopic (exact) mass is 427 g/mol. The molecule has 9 heteroatoms. The Labute approximate surface area is 178 Å². The number of hydrogen-bond donors (Lipinski definition) is 1. The van der Waals surface area contributed by atoms with E-state index in [0.717, 1.165) is 5.56 Å². The average molecular weight is 427 g/mol. The van der Waals surface area contributed by atoms with E-state index in [4.69, 9.17) is 14.2 Å². The Bertz CT molecular complexity index is 1120. The third-order valence-corrected chi connectivity index (χ3v) is 4.39. The van der Waals surface area contributed by atoms with Crippen molar-refractivity contribution in [1.82, 2.24) is 15.1 Å². The molecule has 0 unspecified atom stereocenters. The summed E-state index contributed by atoms with van der Waals surface area (Å²) < 4.78 is 30.4. The van der Waals surface area contributed by atoms with Crippen molar-refractivity contribution in [3.8, 4) is 28.5 Å². The van der Waals surface area contributed by atoms with Gasteiger partial charge in [0.2, 0.25) is 0 Å².